The third-order valence-electron chi connectivity index (χ3n) is 14.3. The summed E-state index contributed by atoms with van der Waals surface area (Å²) in [6, 6.07) is 13.3. The lowest BCUT2D eigenvalue weighted by molar-refractivity contribution is -0.342. The van der Waals surface area contributed by atoms with Gasteiger partial charge in [-0.15, -0.1) is 0 Å². The summed E-state index contributed by atoms with van der Waals surface area (Å²) in [4.78, 5) is 58.2. The maximum absolute atomic E-state index is 15.5. The highest BCUT2D eigenvalue weighted by Gasteiger charge is 2.78. The quantitative estimate of drug-likeness (QED) is 0.123. The topological polar surface area (TPSA) is 135 Å². The monoisotopic (exact) mass is 770 g/mol. The molecule has 8 unspecified atom stereocenters. The minimum atomic E-state index is -2.46. The van der Waals surface area contributed by atoms with E-state index < -0.39 is 92.5 Å². The van der Waals surface area contributed by atoms with E-state index in [1.165, 1.54) is 6.92 Å². The number of ether oxygens (including phenoxy) is 3. The Kier molecular flexibility index (Phi) is 11.7. The Morgan fingerprint density at radius 2 is 1.43 bits per heavy atom. The van der Waals surface area contributed by atoms with Gasteiger partial charge in [-0.2, -0.15) is 0 Å². The molecule has 4 aliphatic rings. The molecule has 1 aromatic rings. The van der Waals surface area contributed by atoms with Gasteiger partial charge in [0.2, 0.25) is 11.6 Å². The van der Waals surface area contributed by atoms with Crippen LogP contribution in [0.1, 0.15) is 99.4 Å². The van der Waals surface area contributed by atoms with E-state index in [1.807, 2.05) is 6.92 Å². The highest BCUT2D eigenvalue weighted by molar-refractivity contribution is 6.74. The Morgan fingerprint density at radius 1 is 0.887 bits per heavy atom. The van der Waals surface area contributed by atoms with Gasteiger partial charge in [0.25, 0.3) is 0 Å². The fourth-order valence-electron chi connectivity index (χ4n) is 10.3. The van der Waals surface area contributed by atoms with Gasteiger partial charge >= 0.3 is 11.9 Å². The molecule has 1 aliphatic heterocycles. The number of esters is 2. The number of ketones is 2. The zero-order valence-electron chi connectivity index (χ0n) is 33.8. The van der Waals surface area contributed by atoms with Crippen LogP contribution in [0, 0.1) is 16.7 Å². The average molecular weight is 771 g/mol. The van der Waals surface area contributed by atoms with E-state index in [0.29, 0.717) is 5.57 Å². The second-order valence-corrected chi connectivity index (χ2v) is 26.2. The lowest BCUT2D eigenvalue weighted by atomic mass is 9.45. The van der Waals surface area contributed by atoms with Crippen molar-refractivity contribution in [3.63, 3.8) is 0 Å². The van der Waals surface area contributed by atoms with Crippen LogP contribution in [0.25, 0.3) is 0 Å². The lowest BCUT2D eigenvalue weighted by Gasteiger charge is -2.67. The minimum Gasteiger partial charge on any atom is -0.455 e. The number of hydrogen-bond donors (Lipinski definition) is 1. The number of fused-ring (bicyclic) bond motifs is 5. The van der Waals surface area contributed by atoms with Crippen molar-refractivity contribution in [2.24, 2.45) is 16.7 Å². The van der Waals surface area contributed by atoms with Crippen LogP contribution in [0.15, 0.2) is 41.5 Å². The number of hydrogen-bond acceptors (Lipinski definition) is 10. The molecule has 10 nitrogen and oxygen atoms in total. The molecule has 1 N–H and O–H groups in total. The van der Waals surface area contributed by atoms with E-state index in [0.717, 1.165) is 36.3 Å². The molecule has 1 aromatic carbocycles. The first-order chi connectivity index (χ1) is 24.9. The zero-order chi connectivity index (χ0) is 39.4. The maximum Gasteiger partial charge on any atom is 0.338 e. The molecule has 0 aromatic heterocycles. The summed E-state index contributed by atoms with van der Waals surface area (Å²) in [5.74, 6) is -3.94. The molecule has 0 spiro atoms. The van der Waals surface area contributed by atoms with E-state index in [2.05, 4.69) is 41.5 Å². The SMILES string of the molecule is CC[Si](CC)(CC)OC1CC2(O)C(OC(=O)c3ccccc3)C3C4(OC(C)=O)COC4CC(O[Si](CC)(CC)CC)C3(C)C(=O)C(=O)C(=C1C)C2(C)C. The van der Waals surface area contributed by atoms with Crippen LogP contribution in [-0.2, 0) is 37.4 Å². The van der Waals surface area contributed by atoms with Gasteiger partial charge in [-0.1, -0.05) is 73.6 Å². The van der Waals surface area contributed by atoms with Crippen molar-refractivity contribution in [3.8, 4) is 0 Å². The number of rotatable bonds is 13. The average Bonchev–Trinajstić information content (AvgIpc) is 3.13. The molecule has 1 heterocycles. The Balaban J connectivity index is 1.87. The molecule has 2 saturated carbocycles. The van der Waals surface area contributed by atoms with Gasteiger partial charge in [0.15, 0.2) is 22.2 Å². The van der Waals surface area contributed by atoms with E-state index in [4.69, 9.17) is 23.1 Å². The van der Waals surface area contributed by atoms with Crippen molar-refractivity contribution in [3.05, 3.63) is 47.0 Å². The fourth-order valence-corrected chi connectivity index (χ4v) is 16.1. The van der Waals surface area contributed by atoms with Crippen molar-refractivity contribution < 1.29 is 47.3 Å². The molecule has 53 heavy (non-hydrogen) atoms. The maximum atomic E-state index is 15.5. The normalized spacial score (nSPS) is 33.9. The summed E-state index contributed by atoms with van der Waals surface area (Å²) in [6.07, 6.45) is -3.57. The summed E-state index contributed by atoms with van der Waals surface area (Å²) < 4.78 is 33.4. The Morgan fingerprint density at radius 3 is 1.92 bits per heavy atom. The number of aliphatic hydroxyl groups is 1. The predicted octanol–water partition coefficient (Wildman–Crippen LogP) is 7.35. The number of carbonyl (C=O) groups is 4. The zero-order valence-corrected chi connectivity index (χ0v) is 35.8. The molecule has 12 heteroatoms. The summed E-state index contributed by atoms with van der Waals surface area (Å²) >= 11 is 0. The van der Waals surface area contributed by atoms with Crippen molar-refractivity contribution in [2.75, 3.05) is 6.61 Å². The van der Waals surface area contributed by atoms with Crippen LogP contribution >= 0.6 is 0 Å². The highest BCUT2D eigenvalue weighted by atomic mass is 28.4. The molecule has 3 aliphatic carbocycles. The van der Waals surface area contributed by atoms with Crippen molar-refractivity contribution in [2.45, 2.75) is 161 Å². The summed E-state index contributed by atoms with van der Waals surface area (Å²) in [6.45, 7) is 20.9. The first-order valence-corrected chi connectivity index (χ1v) is 24.9. The van der Waals surface area contributed by atoms with Gasteiger partial charge < -0.3 is 28.2 Å². The molecular weight excluding hydrogens is 709 g/mol. The van der Waals surface area contributed by atoms with Gasteiger partial charge in [0.05, 0.1) is 35.7 Å². The lowest BCUT2D eigenvalue weighted by Crippen LogP contribution is -2.82. The van der Waals surface area contributed by atoms with Crippen LogP contribution in [-0.4, -0.2) is 87.5 Å². The fraction of sp³-hybridized carbons (Fsp3) is 0.707. The second-order valence-electron chi connectivity index (χ2n) is 16.7. The molecule has 5 rings (SSSR count). The van der Waals surface area contributed by atoms with Gasteiger partial charge in [-0.3, -0.25) is 14.4 Å². The van der Waals surface area contributed by atoms with E-state index in [9.17, 15) is 14.7 Å². The van der Waals surface area contributed by atoms with Crippen molar-refractivity contribution >= 4 is 40.1 Å². The third-order valence-corrected chi connectivity index (χ3v) is 23.6. The molecule has 2 bridgehead atoms. The summed E-state index contributed by atoms with van der Waals surface area (Å²) in [5.41, 5.74) is -5.51. The van der Waals surface area contributed by atoms with Crippen LogP contribution < -0.4 is 0 Å². The third kappa shape index (κ3) is 6.37. The number of Topliss-reactive ketones (excluding diaryl/α,β-unsaturated/α-hetero) is 2. The van der Waals surface area contributed by atoms with Crippen LogP contribution in [0.3, 0.4) is 0 Å². The Labute approximate surface area is 318 Å². The van der Waals surface area contributed by atoms with Crippen molar-refractivity contribution in [1.29, 1.82) is 0 Å². The molecule has 1 saturated heterocycles. The standard InChI is InChI=1S/C41H62O10Si2/c1-12-52(13-2,14-3)50-29-24-41(46)36(48-37(45)28-21-19-18-20-22-28)34-39(11,35(44)33(43)32(26(29)7)38(41,9)10)30(51-53(15-4,16-5)17-6)23-31-40(34,25-47-31)49-27(8)42/h18-22,29-31,34,36,46H,12-17,23-25H2,1-11H3. The van der Waals surface area contributed by atoms with Gasteiger partial charge in [-0.25, -0.2) is 4.79 Å². The molecular formula is C41H62O10Si2. The molecule has 8 atom stereocenters. The first kappa shape index (κ1) is 41.7. The van der Waals surface area contributed by atoms with Gasteiger partial charge in [-0.05, 0) is 67.8 Å². The molecule has 0 radical (unpaired) electrons. The predicted molar refractivity (Wildman–Crippen MR) is 206 cm³/mol. The molecule has 3 fully saturated rings. The second kappa shape index (κ2) is 14.9. The molecule has 0 amide bonds. The largest absolute Gasteiger partial charge is 0.455 e. The minimum absolute atomic E-state index is 0.00433. The van der Waals surface area contributed by atoms with E-state index >= 15 is 9.59 Å². The highest BCUT2D eigenvalue weighted by Crippen LogP contribution is 2.64. The summed E-state index contributed by atoms with van der Waals surface area (Å²) in [5, 5.41) is 13.7. The van der Waals surface area contributed by atoms with Gasteiger partial charge in [0, 0.05) is 30.8 Å². The Bertz CT molecular complexity index is 1600. The number of benzene rings is 1. The van der Waals surface area contributed by atoms with Gasteiger partial charge in [0.1, 0.15) is 17.8 Å². The molecule has 294 valence electrons. The van der Waals surface area contributed by atoms with Crippen molar-refractivity contribution in [1.82, 2.24) is 0 Å². The summed E-state index contributed by atoms with van der Waals surface area (Å²) in [7, 11) is -4.82. The first-order valence-electron chi connectivity index (χ1n) is 19.8. The van der Waals surface area contributed by atoms with E-state index in [-0.39, 0.29) is 30.6 Å². The van der Waals surface area contributed by atoms with Crippen LogP contribution in [0.2, 0.25) is 36.3 Å². The van der Waals surface area contributed by atoms with E-state index in [1.54, 1.807) is 51.1 Å². The smallest absolute Gasteiger partial charge is 0.338 e. The Hall–Kier alpha value is -2.49. The van der Waals surface area contributed by atoms with Crippen LogP contribution in [0.4, 0.5) is 0 Å². The van der Waals surface area contributed by atoms with Crippen LogP contribution in [0.5, 0.6) is 0 Å². The number of carbonyl (C=O) groups excluding carboxylic acids is 4.